The van der Waals surface area contributed by atoms with Gasteiger partial charge >= 0.3 is 0 Å². The minimum Gasteiger partial charge on any atom is -0.493 e. The maximum Gasteiger partial charge on any atom is 0.122 e. The molecule has 0 radical (unpaired) electrons. The quantitative estimate of drug-likeness (QED) is 0.872. The first-order valence-electron chi connectivity index (χ1n) is 7.66. The lowest BCUT2D eigenvalue weighted by Gasteiger charge is -2.30. The lowest BCUT2D eigenvalue weighted by Crippen LogP contribution is -2.39. The summed E-state index contributed by atoms with van der Waals surface area (Å²) in [5.41, 5.74) is 2.60. The molecular weight excluding hydrogens is 234 g/mol. The van der Waals surface area contributed by atoms with Crippen LogP contribution in [0.4, 0.5) is 0 Å². The van der Waals surface area contributed by atoms with E-state index in [4.69, 9.17) is 4.74 Å². The largest absolute Gasteiger partial charge is 0.493 e. The fourth-order valence-corrected chi connectivity index (χ4v) is 2.91. The first-order chi connectivity index (χ1) is 9.20. The number of aryl methyl sites for hydroxylation is 2. The molecule has 0 aliphatic carbocycles. The third kappa shape index (κ3) is 3.97. The Balaban J connectivity index is 1.86. The van der Waals surface area contributed by atoms with E-state index in [-0.39, 0.29) is 0 Å². The average molecular weight is 261 g/mol. The molecule has 1 aliphatic rings. The number of hydrogen-bond donors (Lipinski definition) is 1. The second-order valence-corrected chi connectivity index (χ2v) is 5.75. The summed E-state index contributed by atoms with van der Waals surface area (Å²) in [4.78, 5) is 0. The van der Waals surface area contributed by atoms with Crippen molar-refractivity contribution in [2.75, 3.05) is 13.2 Å². The number of benzene rings is 1. The van der Waals surface area contributed by atoms with Crippen LogP contribution in [0.2, 0.25) is 0 Å². The first kappa shape index (κ1) is 14.4. The zero-order valence-corrected chi connectivity index (χ0v) is 12.5. The van der Waals surface area contributed by atoms with Crippen molar-refractivity contribution < 1.29 is 4.74 Å². The van der Waals surface area contributed by atoms with Crippen LogP contribution in [-0.4, -0.2) is 19.2 Å². The van der Waals surface area contributed by atoms with Crippen molar-refractivity contribution in [3.63, 3.8) is 0 Å². The highest BCUT2D eigenvalue weighted by Crippen LogP contribution is 2.23. The molecule has 2 atom stereocenters. The number of piperidine rings is 1. The summed E-state index contributed by atoms with van der Waals surface area (Å²) < 4.78 is 6.03. The van der Waals surface area contributed by atoms with Crippen LogP contribution in [0.25, 0.3) is 0 Å². The highest BCUT2D eigenvalue weighted by Gasteiger charge is 2.20. The van der Waals surface area contributed by atoms with E-state index in [0.29, 0.717) is 6.04 Å². The number of ether oxygens (including phenoxy) is 1. The van der Waals surface area contributed by atoms with E-state index in [0.717, 1.165) is 31.1 Å². The van der Waals surface area contributed by atoms with Crippen molar-refractivity contribution in [1.29, 1.82) is 0 Å². The molecule has 19 heavy (non-hydrogen) atoms. The van der Waals surface area contributed by atoms with Gasteiger partial charge in [-0.05, 0) is 69.2 Å². The molecule has 1 unspecified atom stereocenters. The number of nitrogens with one attached hydrogen (secondary N) is 1. The standard InChI is InChI=1S/C17H27NO/c1-4-15-8-7-13(2)12-17(15)19-11-9-16-6-5-10-18-14(16)3/h7-8,12,14,16,18H,4-6,9-11H2,1-3H3/t14?,16-/m1/s1. The Hall–Kier alpha value is -1.02. The van der Waals surface area contributed by atoms with Crippen molar-refractivity contribution >= 4 is 0 Å². The fraction of sp³-hybridized carbons (Fsp3) is 0.647. The van der Waals surface area contributed by atoms with Gasteiger partial charge in [0.25, 0.3) is 0 Å². The van der Waals surface area contributed by atoms with Gasteiger partial charge in [0.1, 0.15) is 5.75 Å². The highest BCUT2D eigenvalue weighted by atomic mass is 16.5. The smallest absolute Gasteiger partial charge is 0.122 e. The van der Waals surface area contributed by atoms with Crippen LogP contribution in [0.15, 0.2) is 18.2 Å². The summed E-state index contributed by atoms with van der Waals surface area (Å²) in [6.45, 7) is 8.63. The monoisotopic (exact) mass is 261 g/mol. The van der Waals surface area contributed by atoms with Crippen LogP contribution in [-0.2, 0) is 6.42 Å². The molecule has 2 rings (SSSR count). The summed E-state index contributed by atoms with van der Waals surface area (Å²) in [5, 5.41) is 3.56. The Morgan fingerprint density at radius 3 is 2.95 bits per heavy atom. The number of rotatable bonds is 5. The third-order valence-electron chi connectivity index (χ3n) is 4.27. The Bertz CT molecular complexity index is 402. The van der Waals surface area contributed by atoms with Gasteiger partial charge < -0.3 is 10.1 Å². The molecule has 1 fully saturated rings. The molecule has 106 valence electrons. The summed E-state index contributed by atoms with van der Waals surface area (Å²) in [6, 6.07) is 7.16. The van der Waals surface area contributed by atoms with Gasteiger partial charge in [-0.3, -0.25) is 0 Å². The molecule has 0 amide bonds. The summed E-state index contributed by atoms with van der Waals surface area (Å²) in [6.07, 6.45) is 4.84. The molecular formula is C17H27NO. The van der Waals surface area contributed by atoms with Gasteiger partial charge in [-0.25, -0.2) is 0 Å². The zero-order valence-electron chi connectivity index (χ0n) is 12.5. The SMILES string of the molecule is CCc1ccc(C)cc1OCC[C@H]1CCCNC1C. The number of hydrogen-bond acceptors (Lipinski definition) is 2. The van der Waals surface area contributed by atoms with Crippen LogP contribution in [0, 0.1) is 12.8 Å². The van der Waals surface area contributed by atoms with Gasteiger partial charge in [0, 0.05) is 6.04 Å². The maximum absolute atomic E-state index is 6.03. The molecule has 1 aliphatic heterocycles. The van der Waals surface area contributed by atoms with Crippen molar-refractivity contribution in [3.8, 4) is 5.75 Å². The Morgan fingerprint density at radius 2 is 2.21 bits per heavy atom. The Labute approximate surface area is 117 Å². The molecule has 1 heterocycles. The van der Waals surface area contributed by atoms with Crippen molar-refractivity contribution in [2.45, 2.75) is 52.5 Å². The van der Waals surface area contributed by atoms with Crippen LogP contribution >= 0.6 is 0 Å². The van der Waals surface area contributed by atoms with Crippen molar-refractivity contribution in [1.82, 2.24) is 5.32 Å². The van der Waals surface area contributed by atoms with Crippen LogP contribution in [0.3, 0.4) is 0 Å². The normalized spacial score (nSPS) is 23.3. The molecule has 2 heteroatoms. The molecule has 0 spiro atoms. The lowest BCUT2D eigenvalue weighted by atomic mass is 9.89. The second kappa shape index (κ2) is 6.95. The summed E-state index contributed by atoms with van der Waals surface area (Å²) in [5.74, 6) is 1.85. The third-order valence-corrected chi connectivity index (χ3v) is 4.27. The van der Waals surface area contributed by atoms with E-state index < -0.39 is 0 Å². The van der Waals surface area contributed by atoms with Gasteiger partial charge in [-0.2, -0.15) is 0 Å². The van der Waals surface area contributed by atoms with Crippen LogP contribution in [0.5, 0.6) is 5.75 Å². The van der Waals surface area contributed by atoms with Crippen molar-refractivity contribution in [3.05, 3.63) is 29.3 Å². The van der Waals surface area contributed by atoms with Gasteiger partial charge in [-0.15, -0.1) is 0 Å². The van der Waals surface area contributed by atoms with Gasteiger partial charge in [0.2, 0.25) is 0 Å². The second-order valence-electron chi connectivity index (χ2n) is 5.75. The molecule has 1 N–H and O–H groups in total. The molecule has 0 bridgehead atoms. The van der Waals surface area contributed by atoms with Crippen molar-refractivity contribution in [2.24, 2.45) is 5.92 Å². The van der Waals surface area contributed by atoms with E-state index in [1.165, 1.54) is 30.5 Å². The maximum atomic E-state index is 6.03. The van der Waals surface area contributed by atoms with Crippen LogP contribution in [0.1, 0.15) is 44.2 Å². The summed E-state index contributed by atoms with van der Waals surface area (Å²) >= 11 is 0. The topological polar surface area (TPSA) is 21.3 Å². The van der Waals surface area contributed by atoms with E-state index in [9.17, 15) is 0 Å². The molecule has 0 aromatic heterocycles. The summed E-state index contributed by atoms with van der Waals surface area (Å²) in [7, 11) is 0. The minimum absolute atomic E-state index is 0.639. The molecule has 1 aromatic carbocycles. The van der Waals surface area contributed by atoms with E-state index >= 15 is 0 Å². The van der Waals surface area contributed by atoms with E-state index in [2.05, 4.69) is 44.3 Å². The lowest BCUT2D eigenvalue weighted by molar-refractivity contribution is 0.220. The predicted octanol–water partition coefficient (Wildman–Crippen LogP) is 3.71. The highest BCUT2D eigenvalue weighted by molar-refractivity contribution is 5.37. The Kier molecular flexibility index (Phi) is 5.26. The van der Waals surface area contributed by atoms with Gasteiger partial charge in [0.05, 0.1) is 6.61 Å². The van der Waals surface area contributed by atoms with Gasteiger partial charge in [-0.1, -0.05) is 19.1 Å². The van der Waals surface area contributed by atoms with E-state index in [1.54, 1.807) is 0 Å². The minimum atomic E-state index is 0.639. The average Bonchev–Trinajstić information content (AvgIpc) is 2.41. The fourth-order valence-electron chi connectivity index (χ4n) is 2.91. The van der Waals surface area contributed by atoms with E-state index in [1.807, 2.05) is 0 Å². The predicted molar refractivity (Wildman–Crippen MR) is 80.9 cm³/mol. The first-order valence-corrected chi connectivity index (χ1v) is 7.66. The molecule has 2 nitrogen and oxygen atoms in total. The molecule has 1 aromatic rings. The molecule has 1 saturated heterocycles. The van der Waals surface area contributed by atoms with Gasteiger partial charge in [0.15, 0.2) is 0 Å². The molecule has 0 saturated carbocycles. The van der Waals surface area contributed by atoms with Crippen LogP contribution < -0.4 is 10.1 Å². The Morgan fingerprint density at radius 1 is 1.37 bits per heavy atom. The zero-order chi connectivity index (χ0) is 13.7.